The third kappa shape index (κ3) is 6.19. The Morgan fingerprint density at radius 3 is 2.27 bits per heavy atom. The zero-order chi connectivity index (χ0) is 22.1. The Morgan fingerprint density at radius 2 is 1.73 bits per heavy atom. The molecule has 0 spiro atoms. The first-order valence-corrected chi connectivity index (χ1v) is 9.99. The summed E-state index contributed by atoms with van der Waals surface area (Å²) >= 11 is 5.99. The van der Waals surface area contributed by atoms with Gasteiger partial charge in [-0.3, -0.25) is 4.79 Å². The number of hydrogen-bond donors (Lipinski definition) is 0. The van der Waals surface area contributed by atoms with Gasteiger partial charge in [-0.05, 0) is 38.1 Å². The fourth-order valence-electron chi connectivity index (χ4n) is 2.65. The number of Topliss-reactive ketones (excluding diaryl/α,β-unsaturated/α-hetero) is 1. The van der Waals surface area contributed by atoms with Crippen LogP contribution in [-0.2, 0) is 11.2 Å². The van der Waals surface area contributed by atoms with Crippen LogP contribution in [0.15, 0.2) is 60.8 Å². The molecule has 0 atom stereocenters. The predicted molar refractivity (Wildman–Crippen MR) is 118 cm³/mol. The third-order valence-electron chi connectivity index (χ3n) is 3.91. The summed E-state index contributed by atoms with van der Waals surface area (Å²) in [6.07, 6.45) is 1.86. The molecule has 4 aromatic rings. The maximum absolute atomic E-state index is 12.9. The van der Waals surface area contributed by atoms with E-state index in [1.165, 1.54) is 24.6 Å². The van der Waals surface area contributed by atoms with Crippen LogP contribution in [0, 0.1) is 12.9 Å². The van der Waals surface area contributed by atoms with Crippen molar-refractivity contribution in [2.24, 2.45) is 0 Å². The molecule has 156 valence electrons. The van der Waals surface area contributed by atoms with Crippen LogP contribution in [0.3, 0.4) is 0 Å². The van der Waals surface area contributed by atoms with Gasteiger partial charge in [-0.15, -0.1) is 10.2 Å². The Morgan fingerprint density at radius 1 is 1.03 bits per heavy atom. The predicted octanol–water partition coefficient (Wildman–Crippen LogP) is 5.74. The van der Waals surface area contributed by atoms with E-state index in [4.69, 9.17) is 11.6 Å². The van der Waals surface area contributed by atoms with Gasteiger partial charge in [-0.25, -0.2) is 4.98 Å². The highest BCUT2D eigenvalue weighted by Crippen LogP contribution is 2.24. The maximum atomic E-state index is 12.9. The van der Waals surface area contributed by atoms with Crippen molar-refractivity contribution in [1.82, 2.24) is 19.6 Å². The van der Waals surface area contributed by atoms with Crippen molar-refractivity contribution in [2.45, 2.75) is 34.1 Å². The maximum Gasteiger partial charge on any atom is 0.233 e. The summed E-state index contributed by atoms with van der Waals surface area (Å²) < 4.78 is 14.6. The molecule has 0 saturated heterocycles. The number of carbonyl (C=O) groups is 1. The van der Waals surface area contributed by atoms with Gasteiger partial charge in [0.1, 0.15) is 22.8 Å². The lowest BCUT2D eigenvalue weighted by Gasteiger charge is -2.02. The lowest BCUT2D eigenvalue weighted by Crippen LogP contribution is -2.03. The number of aromatic nitrogens is 4. The highest BCUT2D eigenvalue weighted by atomic mass is 35.5. The van der Waals surface area contributed by atoms with Gasteiger partial charge in [0.05, 0.1) is 10.7 Å². The van der Waals surface area contributed by atoms with Gasteiger partial charge in [-0.2, -0.15) is 4.39 Å². The monoisotopic (exact) mass is 426 g/mol. The largest absolute Gasteiger partial charge is 0.301 e. The second-order valence-electron chi connectivity index (χ2n) is 6.26. The summed E-state index contributed by atoms with van der Waals surface area (Å²) in [5.41, 5.74) is 3.52. The van der Waals surface area contributed by atoms with E-state index in [0.717, 1.165) is 0 Å². The topological polar surface area (TPSA) is 60.2 Å². The van der Waals surface area contributed by atoms with Crippen molar-refractivity contribution < 1.29 is 9.18 Å². The average molecular weight is 427 g/mol. The van der Waals surface area contributed by atoms with Crippen LogP contribution in [0.25, 0.3) is 17.0 Å². The van der Waals surface area contributed by atoms with Crippen LogP contribution in [-0.4, -0.2) is 25.4 Å². The van der Waals surface area contributed by atoms with Crippen LogP contribution in [0.5, 0.6) is 0 Å². The molecule has 0 N–H and O–H groups in total. The number of aryl methyl sites for hydroxylation is 1. The van der Waals surface area contributed by atoms with Gasteiger partial charge in [-0.1, -0.05) is 61.3 Å². The van der Waals surface area contributed by atoms with Crippen molar-refractivity contribution in [3.05, 3.63) is 83.0 Å². The highest BCUT2D eigenvalue weighted by molar-refractivity contribution is 6.30. The number of rotatable bonds is 3. The zero-order valence-corrected chi connectivity index (χ0v) is 18.2. The number of pyridine rings is 1. The summed E-state index contributed by atoms with van der Waals surface area (Å²) in [6, 6.07) is 16.4. The summed E-state index contributed by atoms with van der Waals surface area (Å²) in [4.78, 5) is 15.9. The smallest absolute Gasteiger partial charge is 0.233 e. The molecule has 3 aromatic heterocycles. The van der Waals surface area contributed by atoms with Crippen molar-refractivity contribution in [2.75, 3.05) is 0 Å². The molecule has 1 aromatic carbocycles. The number of carbonyl (C=O) groups excluding carboxylic acids is 1. The fourth-order valence-corrected chi connectivity index (χ4v) is 2.81. The molecule has 3 heterocycles. The highest BCUT2D eigenvalue weighted by Gasteiger charge is 2.17. The van der Waals surface area contributed by atoms with Crippen LogP contribution < -0.4 is 0 Å². The van der Waals surface area contributed by atoms with E-state index in [1.54, 1.807) is 22.7 Å². The Balaban J connectivity index is 0.000000299. The summed E-state index contributed by atoms with van der Waals surface area (Å²) in [5, 5.41) is 7.70. The van der Waals surface area contributed by atoms with Gasteiger partial charge in [0.25, 0.3) is 0 Å². The second-order valence-corrected chi connectivity index (χ2v) is 6.69. The zero-order valence-electron chi connectivity index (χ0n) is 17.4. The normalized spacial score (nSPS) is 9.93. The minimum Gasteiger partial charge on any atom is -0.301 e. The molecule has 4 rings (SSSR count). The molecule has 0 unspecified atom stereocenters. The Labute approximate surface area is 180 Å². The summed E-state index contributed by atoms with van der Waals surface area (Å²) in [6.45, 7) is 7.57. The molecular weight excluding hydrogens is 403 g/mol. The minimum atomic E-state index is -0.668. The number of hydrogen-bond acceptors (Lipinski definition) is 4. The number of halogens is 2. The van der Waals surface area contributed by atoms with E-state index >= 15 is 0 Å². The molecule has 0 saturated carbocycles. The number of imidazole rings is 1. The van der Waals surface area contributed by atoms with Gasteiger partial charge < -0.3 is 4.40 Å². The molecule has 5 nitrogen and oxygen atoms in total. The average Bonchev–Trinajstić information content (AvgIpc) is 3.08. The number of benzene rings is 1. The third-order valence-corrected chi connectivity index (χ3v) is 4.14. The van der Waals surface area contributed by atoms with Crippen molar-refractivity contribution in [3.63, 3.8) is 0 Å². The Kier molecular flexibility index (Phi) is 8.62. The number of nitrogens with zero attached hydrogens (tertiary/aromatic N) is 4. The molecular formula is C23H24ClFN4O. The molecule has 0 radical (unpaired) electrons. The summed E-state index contributed by atoms with van der Waals surface area (Å²) in [5.74, 6) is -0.688. The molecule has 0 aliphatic carbocycles. The molecule has 0 aliphatic rings. The van der Waals surface area contributed by atoms with Gasteiger partial charge in [0.15, 0.2) is 0 Å². The molecule has 0 bridgehead atoms. The van der Waals surface area contributed by atoms with E-state index < -0.39 is 5.95 Å². The van der Waals surface area contributed by atoms with E-state index in [9.17, 15) is 9.18 Å². The molecule has 30 heavy (non-hydrogen) atoms. The second kappa shape index (κ2) is 11.2. The fraction of sp³-hybridized carbons (Fsp3) is 0.217. The first kappa shape index (κ1) is 23.2. The van der Waals surface area contributed by atoms with Crippen molar-refractivity contribution in [1.29, 1.82) is 0 Å². The quantitative estimate of drug-likeness (QED) is 0.419. The minimum absolute atomic E-state index is 0.0203. The van der Waals surface area contributed by atoms with E-state index in [-0.39, 0.29) is 12.2 Å². The Bertz CT molecular complexity index is 1100. The van der Waals surface area contributed by atoms with Gasteiger partial charge in [0, 0.05) is 12.6 Å². The first-order valence-electron chi connectivity index (χ1n) is 9.61. The van der Waals surface area contributed by atoms with Crippen molar-refractivity contribution >= 4 is 23.0 Å². The molecule has 0 amide bonds. The Hall–Kier alpha value is -3.12. The number of fused-ring (bicyclic) bond motifs is 1. The standard InChI is InChI=1S/C14H10ClFN4O.C7H8.C2H6/c1-8(21)6-11-14(10-3-4-12(16)19-18-10)17-13-5-2-9(15)7-20(11)13;1-7-5-3-2-4-6-7;1-2/h2-5,7H,6H2,1H3;2-6H,1H3;1-2H3. The van der Waals surface area contributed by atoms with E-state index in [2.05, 4.69) is 34.2 Å². The number of ketones is 1. The molecule has 0 fully saturated rings. The van der Waals surface area contributed by atoms with Crippen LogP contribution in [0.1, 0.15) is 32.0 Å². The molecule has 0 aliphatic heterocycles. The van der Waals surface area contributed by atoms with Crippen LogP contribution >= 0.6 is 11.6 Å². The van der Waals surface area contributed by atoms with Gasteiger partial charge in [0.2, 0.25) is 5.95 Å². The lowest BCUT2D eigenvalue weighted by molar-refractivity contribution is -0.116. The van der Waals surface area contributed by atoms with E-state index in [0.29, 0.717) is 27.8 Å². The summed E-state index contributed by atoms with van der Waals surface area (Å²) in [7, 11) is 0. The van der Waals surface area contributed by atoms with Crippen LogP contribution in [0.2, 0.25) is 5.02 Å². The SMILES string of the molecule is CC.CC(=O)Cc1c(-c2ccc(F)nn2)nc2ccc(Cl)cn12.Cc1ccccc1. The van der Waals surface area contributed by atoms with Gasteiger partial charge >= 0.3 is 0 Å². The first-order chi connectivity index (χ1) is 14.4. The van der Waals surface area contributed by atoms with E-state index in [1.807, 2.05) is 32.0 Å². The lowest BCUT2D eigenvalue weighted by atomic mass is 10.1. The van der Waals surface area contributed by atoms with Crippen molar-refractivity contribution in [3.8, 4) is 11.4 Å². The molecule has 7 heteroatoms. The van der Waals surface area contributed by atoms with Crippen LogP contribution in [0.4, 0.5) is 4.39 Å².